The van der Waals surface area contributed by atoms with Crippen molar-refractivity contribution in [3.8, 4) is 0 Å². The second-order valence-electron chi connectivity index (χ2n) is 8.43. The number of halogens is 1. The standard InChI is InChI=1S/C24H27FN2O3S/c1-17-7-12-20(31-17)15-26(14-18-8-10-19(25)11-9-18)22(28)16-27(24(2,3)4)23(29)21-6-5-13-30-21/h5-13H,14-16H2,1-4H3. The summed E-state index contributed by atoms with van der Waals surface area (Å²) in [6, 6.07) is 13.4. The Hall–Kier alpha value is -2.93. The normalized spacial score (nSPS) is 11.4. The summed E-state index contributed by atoms with van der Waals surface area (Å²) in [6.07, 6.45) is 1.44. The maximum Gasteiger partial charge on any atom is 0.290 e. The van der Waals surface area contributed by atoms with Gasteiger partial charge < -0.3 is 14.2 Å². The lowest BCUT2D eigenvalue weighted by Crippen LogP contribution is -2.50. The number of benzene rings is 1. The third kappa shape index (κ3) is 6.04. The van der Waals surface area contributed by atoms with Crippen molar-refractivity contribution >= 4 is 23.2 Å². The highest BCUT2D eigenvalue weighted by atomic mass is 32.1. The molecule has 0 bridgehead atoms. The summed E-state index contributed by atoms with van der Waals surface area (Å²) in [7, 11) is 0. The number of thiophene rings is 1. The van der Waals surface area contributed by atoms with Crippen LogP contribution in [0.5, 0.6) is 0 Å². The van der Waals surface area contributed by atoms with Crippen molar-refractivity contribution in [2.24, 2.45) is 0 Å². The Kier molecular flexibility index (Phi) is 6.95. The van der Waals surface area contributed by atoms with Gasteiger partial charge in [0.1, 0.15) is 12.4 Å². The van der Waals surface area contributed by atoms with Crippen LogP contribution in [-0.4, -0.2) is 33.7 Å². The van der Waals surface area contributed by atoms with Crippen molar-refractivity contribution in [3.05, 3.63) is 81.7 Å². The lowest BCUT2D eigenvalue weighted by molar-refractivity contribution is -0.134. The number of nitrogens with zero attached hydrogens (tertiary/aromatic N) is 2. The summed E-state index contributed by atoms with van der Waals surface area (Å²) in [4.78, 5) is 31.8. The van der Waals surface area contributed by atoms with E-state index >= 15 is 0 Å². The largest absolute Gasteiger partial charge is 0.459 e. The number of carbonyl (C=O) groups is 2. The minimum absolute atomic E-state index is 0.0887. The molecule has 0 spiro atoms. The van der Waals surface area contributed by atoms with Crippen molar-refractivity contribution in [2.75, 3.05) is 6.54 Å². The predicted molar refractivity (Wildman–Crippen MR) is 119 cm³/mol. The van der Waals surface area contributed by atoms with Crippen LogP contribution in [0.1, 0.15) is 46.6 Å². The predicted octanol–water partition coefficient (Wildman–Crippen LogP) is 5.26. The molecule has 0 saturated heterocycles. The van der Waals surface area contributed by atoms with E-state index in [0.29, 0.717) is 13.1 Å². The fourth-order valence-corrected chi connectivity index (χ4v) is 4.09. The van der Waals surface area contributed by atoms with Crippen molar-refractivity contribution in [3.63, 3.8) is 0 Å². The van der Waals surface area contributed by atoms with Crippen LogP contribution in [0.15, 0.2) is 59.2 Å². The molecule has 164 valence electrons. The van der Waals surface area contributed by atoms with Crippen LogP contribution in [0.4, 0.5) is 4.39 Å². The van der Waals surface area contributed by atoms with Crippen LogP contribution in [0.3, 0.4) is 0 Å². The van der Waals surface area contributed by atoms with E-state index in [1.54, 1.807) is 40.5 Å². The monoisotopic (exact) mass is 442 g/mol. The molecular weight excluding hydrogens is 415 g/mol. The molecule has 0 aliphatic carbocycles. The Morgan fingerprint density at radius 2 is 1.74 bits per heavy atom. The Morgan fingerprint density at radius 1 is 1.03 bits per heavy atom. The molecule has 0 aliphatic rings. The number of amides is 2. The molecule has 0 N–H and O–H groups in total. The topological polar surface area (TPSA) is 53.8 Å². The van der Waals surface area contributed by atoms with Crippen LogP contribution in [0.2, 0.25) is 0 Å². The first-order valence-electron chi connectivity index (χ1n) is 10.1. The minimum atomic E-state index is -0.583. The minimum Gasteiger partial charge on any atom is -0.459 e. The summed E-state index contributed by atoms with van der Waals surface area (Å²) < 4.78 is 18.6. The van der Waals surface area contributed by atoms with E-state index in [1.807, 2.05) is 39.8 Å². The molecule has 2 heterocycles. The van der Waals surface area contributed by atoms with Gasteiger partial charge >= 0.3 is 0 Å². The van der Waals surface area contributed by atoms with Crippen molar-refractivity contribution < 1.29 is 18.4 Å². The van der Waals surface area contributed by atoms with Gasteiger partial charge in [0.05, 0.1) is 12.8 Å². The average molecular weight is 443 g/mol. The molecule has 3 aromatic rings. The summed E-state index contributed by atoms with van der Waals surface area (Å²) in [5.74, 6) is -0.648. The first-order valence-corrected chi connectivity index (χ1v) is 10.9. The molecule has 0 radical (unpaired) electrons. The van der Waals surface area contributed by atoms with Gasteiger partial charge in [-0.1, -0.05) is 12.1 Å². The van der Waals surface area contributed by atoms with E-state index in [1.165, 1.54) is 23.3 Å². The summed E-state index contributed by atoms with van der Waals surface area (Å²) in [5, 5.41) is 0. The van der Waals surface area contributed by atoms with Gasteiger partial charge in [-0.2, -0.15) is 0 Å². The number of carbonyl (C=O) groups excluding carboxylic acids is 2. The quantitative estimate of drug-likeness (QED) is 0.502. The van der Waals surface area contributed by atoms with Crippen LogP contribution < -0.4 is 0 Å². The second kappa shape index (κ2) is 9.47. The van der Waals surface area contributed by atoms with E-state index in [-0.39, 0.29) is 29.9 Å². The number of aryl methyl sites for hydroxylation is 1. The molecule has 5 nitrogen and oxygen atoms in total. The van der Waals surface area contributed by atoms with E-state index in [4.69, 9.17) is 4.42 Å². The molecule has 0 unspecified atom stereocenters. The fraction of sp³-hybridized carbons (Fsp3) is 0.333. The Balaban J connectivity index is 1.84. The summed E-state index contributed by atoms with van der Waals surface area (Å²) in [5.41, 5.74) is 0.239. The number of hydrogen-bond acceptors (Lipinski definition) is 4. The van der Waals surface area contributed by atoms with Crippen LogP contribution in [0, 0.1) is 12.7 Å². The molecular formula is C24H27FN2O3S. The van der Waals surface area contributed by atoms with Crippen LogP contribution in [0.25, 0.3) is 0 Å². The van der Waals surface area contributed by atoms with E-state index in [0.717, 1.165) is 15.3 Å². The van der Waals surface area contributed by atoms with Gasteiger partial charge in [-0.25, -0.2) is 4.39 Å². The zero-order chi connectivity index (χ0) is 22.6. The SMILES string of the molecule is Cc1ccc(CN(Cc2ccc(F)cc2)C(=O)CN(C(=O)c2ccco2)C(C)(C)C)s1. The molecule has 0 aliphatic heterocycles. The zero-order valence-electron chi connectivity index (χ0n) is 18.2. The van der Waals surface area contributed by atoms with Crippen LogP contribution >= 0.6 is 11.3 Å². The summed E-state index contributed by atoms with van der Waals surface area (Å²) >= 11 is 1.63. The van der Waals surface area contributed by atoms with Crippen LogP contribution in [-0.2, 0) is 17.9 Å². The van der Waals surface area contributed by atoms with Crippen molar-refractivity contribution in [2.45, 2.75) is 46.3 Å². The Labute approximate surface area is 186 Å². The molecule has 7 heteroatoms. The first-order chi connectivity index (χ1) is 14.6. The summed E-state index contributed by atoms with van der Waals surface area (Å²) in [6.45, 7) is 8.32. The van der Waals surface area contributed by atoms with E-state index in [2.05, 4.69) is 0 Å². The highest BCUT2D eigenvalue weighted by molar-refractivity contribution is 7.11. The average Bonchev–Trinajstić information content (AvgIpc) is 3.37. The fourth-order valence-electron chi connectivity index (χ4n) is 3.18. The molecule has 2 amide bonds. The highest BCUT2D eigenvalue weighted by Gasteiger charge is 2.32. The van der Waals surface area contributed by atoms with Gasteiger partial charge in [-0.3, -0.25) is 9.59 Å². The number of rotatable bonds is 7. The lowest BCUT2D eigenvalue weighted by atomic mass is 10.1. The molecule has 1 aromatic carbocycles. The van der Waals surface area contributed by atoms with Gasteiger partial charge in [-0.05, 0) is 69.7 Å². The Bertz CT molecular complexity index is 1020. The lowest BCUT2D eigenvalue weighted by Gasteiger charge is -2.36. The van der Waals surface area contributed by atoms with E-state index < -0.39 is 5.54 Å². The smallest absolute Gasteiger partial charge is 0.290 e. The van der Waals surface area contributed by atoms with Crippen molar-refractivity contribution in [1.82, 2.24) is 9.80 Å². The van der Waals surface area contributed by atoms with Gasteiger partial charge in [0.15, 0.2) is 5.76 Å². The number of hydrogen-bond donors (Lipinski definition) is 0. The zero-order valence-corrected chi connectivity index (χ0v) is 19.0. The van der Waals surface area contributed by atoms with E-state index in [9.17, 15) is 14.0 Å². The molecule has 0 fully saturated rings. The van der Waals surface area contributed by atoms with Crippen molar-refractivity contribution in [1.29, 1.82) is 0 Å². The maximum atomic E-state index is 13.4. The molecule has 0 atom stereocenters. The van der Waals surface area contributed by atoms with Gasteiger partial charge in [0.25, 0.3) is 5.91 Å². The number of furan rings is 1. The van der Waals surface area contributed by atoms with Gasteiger partial charge in [0.2, 0.25) is 5.91 Å². The molecule has 31 heavy (non-hydrogen) atoms. The third-order valence-corrected chi connectivity index (χ3v) is 5.85. The van der Waals surface area contributed by atoms with Gasteiger partial charge in [0, 0.05) is 21.8 Å². The second-order valence-corrected chi connectivity index (χ2v) is 9.80. The third-order valence-electron chi connectivity index (χ3n) is 4.86. The Morgan fingerprint density at radius 3 is 2.29 bits per heavy atom. The maximum absolute atomic E-state index is 13.4. The first kappa shape index (κ1) is 22.7. The molecule has 3 rings (SSSR count). The highest BCUT2D eigenvalue weighted by Crippen LogP contribution is 2.22. The molecule has 2 aromatic heterocycles. The van der Waals surface area contributed by atoms with Gasteiger partial charge in [-0.15, -0.1) is 11.3 Å². The molecule has 0 saturated carbocycles.